The van der Waals surface area contributed by atoms with Crippen LogP contribution in [0.2, 0.25) is 0 Å². The Kier molecular flexibility index (Phi) is 5.75. The van der Waals surface area contributed by atoms with Gasteiger partial charge in [0, 0.05) is 18.4 Å². The fraction of sp³-hybridized carbons (Fsp3) is 0.364. The van der Waals surface area contributed by atoms with Crippen LogP contribution in [0.4, 0.5) is 13.2 Å². The number of halogens is 3. The lowest BCUT2D eigenvalue weighted by atomic mass is 9.92. The smallest absolute Gasteiger partial charge is 0.368 e. The minimum absolute atomic E-state index is 0.0324. The van der Waals surface area contributed by atoms with Crippen molar-refractivity contribution in [3.05, 3.63) is 64.1 Å². The number of aliphatic hydroxyl groups is 2. The van der Waals surface area contributed by atoms with Gasteiger partial charge in [0.1, 0.15) is 5.69 Å². The third-order valence-corrected chi connectivity index (χ3v) is 4.79. The van der Waals surface area contributed by atoms with Crippen molar-refractivity contribution in [1.29, 1.82) is 0 Å². The predicted molar refractivity (Wildman–Crippen MR) is 108 cm³/mol. The Morgan fingerprint density at radius 2 is 1.70 bits per heavy atom. The van der Waals surface area contributed by atoms with Crippen LogP contribution in [0.1, 0.15) is 38.4 Å². The van der Waals surface area contributed by atoms with Gasteiger partial charge in [-0.3, -0.25) is 4.79 Å². The zero-order valence-electron chi connectivity index (χ0n) is 16.9. The number of nitrogens with zero attached hydrogens (tertiary/aromatic N) is 2. The highest BCUT2D eigenvalue weighted by Crippen LogP contribution is 2.33. The minimum Gasteiger partial charge on any atom is -0.368 e. The van der Waals surface area contributed by atoms with Crippen molar-refractivity contribution in [2.75, 3.05) is 0 Å². The van der Waals surface area contributed by atoms with Gasteiger partial charge in [0.25, 0.3) is 5.56 Å². The Bertz CT molecular complexity index is 1130. The van der Waals surface area contributed by atoms with Crippen molar-refractivity contribution in [1.82, 2.24) is 9.55 Å². The van der Waals surface area contributed by atoms with Gasteiger partial charge in [-0.25, -0.2) is 4.98 Å². The molecule has 0 saturated heterocycles. The number of aliphatic hydroxyl groups excluding tert-OH is 1. The van der Waals surface area contributed by atoms with Gasteiger partial charge in [0.2, 0.25) is 0 Å². The average molecular weight is 420 g/mol. The number of aromatic nitrogens is 2. The molecule has 0 spiro atoms. The number of hydrogen-bond donors (Lipinski definition) is 2. The van der Waals surface area contributed by atoms with Crippen LogP contribution in [0.15, 0.2) is 47.3 Å². The van der Waals surface area contributed by atoms with Crippen LogP contribution >= 0.6 is 0 Å². The molecule has 0 aliphatic heterocycles. The Hall–Kier alpha value is -2.71. The van der Waals surface area contributed by atoms with Gasteiger partial charge < -0.3 is 14.8 Å². The maximum Gasteiger partial charge on any atom is 0.416 e. The standard InChI is InChI=1S/C22H23F3N2O3/c1-21(2,3)19-20(30)27(10-9-18(28)29)17-12-14(7-8-16(17)26-19)13-5-4-6-15(11-13)22(23,24)25/h4-8,11-12,18,28-29H,9-10H2,1-3H3. The van der Waals surface area contributed by atoms with E-state index in [1.807, 2.05) is 20.8 Å². The molecule has 5 nitrogen and oxygen atoms in total. The third kappa shape index (κ3) is 4.55. The van der Waals surface area contributed by atoms with E-state index in [2.05, 4.69) is 4.98 Å². The molecule has 0 amide bonds. The maximum absolute atomic E-state index is 13.1. The number of alkyl halides is 3. The van der Waals surface area contributed by atoms with Crippen LogP contribution in [0.3, 0.4) is 0 Å². The van der Waals surface area contributed by atoms with Gasteiger partial charge in [-0.05, 0) is 35.4 Å². The molecule has 0 bridgehead atoms. The summed E-state index contributed by atoms with van der Waals surface area (Å²) in [5.41, 5.74) is 0.439. The minimum atomic E-state index is -4.46. The van der Waals surface area contributed by atoms with E-state index in [0.29, 0.717) is 27.9 Å². The molecule has 0 atom stereocenters. The fourth-order valence-electron chi connectivity index (χ4n) is 3.25. The van der Waals surface area contributed by atoms with E-state index >= 15 is 0 Å². The molecule has 0 aliphatic carbocycles. The Morgan fingerprint density at radius 3 is 2.30 bits per heavy atom. The first kappa shape index (κ1) is 22.0. The summed E-state index contributed by atoms with van der Waals surface area (Å²) in [6.07, 6.45) is -6.13. The molecule has 0 fully saturated rings. The first-order valence-electron chi connectivity index (χ1n) is 9.47. The lowest BCUT2D eigenvalue weighted by molar-refractivity contribution is -0.137. The molecule has 160 valence electrons. The van der Waals surface area contributed by atoms with Gasteiger partial charge in [0.15, 0.2) is 6.29 Å². The number of aryl methyl sites for hydroxylation is 1. The molecule has 2 N–H and O–H groups in total. The summed E-state index contributed by atoms with van der Waals surface area (Å²) in [4.78, 5) is 17.6. The summed E-state index contributed by atoms with van der Waals surface area (Å²) in [5.74, 6) is 0. The molecule has 1 aromatic heterocycles. The normalized spacial score (nSPS) is 12.7. The van der Waals surface area contributed by atoms with Crippen LogP contribution in [-0.2, 0) is 18.1 Å². The summed E-state index contributed by atoms with van der Waals surface area (Å²) >= 11 is 0. The Labute approximate surface area is 171 Å². The highest BCUT2D eigenvalue weighted by atomic mass is 19.4. The molecule has 0 unspecified atom stereocenters. The Balaban J connectivity index is 2.22. The molecule has 0 radical (unpaired) electrons. The van der Waals surface area contributed by atoms with Crippen LogP contribution < -0.4 is 5.56 Å². The second kappa shape index (κ2) is 7.85. The highest BCUT2D eigenvalue weighted by Gasteiger charge is 2.30. The highest BCUT2D eigenvalue weighted by molar-refractivity contribution is 5.82. The second-order valence-electron chi connectivity index (χ2n) is 8.22. The predicted octanol–water partition coefficient (Wildman–Crippen LogP) is 4.08. The summed E-state index contributed by atoms with van der Waals surface area (Å²) in [6.45, 7) is 5.59. The Morgan fingerprint density at radius 1 is 1.03 bits per heavy atom. The molecular formula is C22H23F3N2O3. The molecule has 3 rings (SSSR count). The van der Waals surface area contributed by atoms with E-state index in [4.69, 9.17) is 0 Å². The van der Waals surface area contributed by atoms with Crippen molar-refractivity contribution < 1.29 is 23.4 Å². The summed E-state index contributed by atoms with van der Waals surface area (Å²) < 4.78 is 40.7. The topological polar surface area (TPSA) is 75.3 Å². The first-order chi connectivity index (χ1) is 13.9. The monoisotopic (exact) mass is 420 g/mol. The van der Waals surface area contributed by atoms with Gasteiger partial charge in [-0.1, -0.05) is 39.0 Å². The molecule has 3 aromatic rings. The quantitative estimate of drug-likeness (QED) is 0.624. The molecule has 0 aliphatic rings. The van der Waals surface area contributed by atoms with Gasteiger partial charge in [0.05, 0.1) is 16.6 Å². The molecule has 2 aromatic carbocycles. The number of fused-ring (bicyclic) bond motifs is 1. The van der Waals surface area contributed by atoms with Crippen molar-refractivity contribution >= 4 is 11.0 Å². The number of hydrogen-bond acceptors (Lipinski definition) is 4. The second-order valence-corrected chi connectivity index (χ2v) is 8.22. The maximum atomic E-state index is 13.1. The summed E-state index contributed by atoms with van der Waals surface area (Å²) in [5, 5.41) is 18.5. The van der Waals surface area contributed by atoms with E-state index in [0.717, 1.165) is 12.1 Å². The van der Waals surface area contributed by atoms with Crippen LogP contribution in [-0.4, -0.2) is 26.1 Å². The van der Waals surface area contributed by atoms with Crippen molar-refractivity contribution in [2.24, 2.45) is 0 Å². The molecule has 30 heavy (non-hydrogen) atoms. The van der Waals surface area contributed by atoms with Gasteiger partial charge in [-0.15, -0.1) is 0 Å². The lowest BCUT2D eigenvalue weighted by Crippen LogP contribution is -2.33. The molecular weight excluding hydrogens is 397 g/mol. The van der Waals surface area contributed by atoms with Gasteiger partial charge >= 0.3 is 6.18 Å². The largest absolute Gasteiger partial charge is 0.416 e. The van der Waals surface area contributed by atoms with E-state index in [9.17, 15) is 28.2 Å². The SMILES string of the molecule is CC(C)(C)c1nc2ccc(-c3cccc(C(F)(F)F)c3)cc2n(CCC(O)O)c1=O. The average Bonchev–Trinajstić information content (AvgIpc) is 2.65. The van der Waals surface area contributed by atoms with Crippen molar-refractivity contribution in [3.63, 3.8) is 0 Å². The van der Waals surface area contributed by atoms with E-state index in [-0.39, 0.29) is 18.5 Å². The van der Waals surface area contributed by atoms with Gasteiger partial charge in [-0.2, -0.15) is 13.2 Å². The number of rotatable bonds is 4. The van der Waals surface area contributed by atoms with Crippen molar-refractivity contribution in [3.8, 4) is 11.1 Å². The zero-order valence-corrected chi connectivity index (χ0v) is 16.9. The first-order valence-corrected chi connectivity index (χ1v) is 9.47. The van der Waals surface area contributed by atoms with Crippen molar-refractivity contribution in [2.45, 2.75) is 51.6 Å². The molecule has 0 saturated carbocycles. The van der Waals surface area contributed by atoms with Crippen LogP contribution in [0, 0.1) is 0 Å². The fourth-order valence-corrected chi connectivity index (χ4v) is 3.25. The van der Waals surface area contributed by atoms with E-state index in [1.165, 1.54) is 10.6 Å². The molecule has 1 heterocycles. The van der Waals surface area contributed by atoms with E-state index < -0.39 is 23.4 Å². The summed E-state index contributed by atoms with van der Waals surface area (Å²) in [7, 11) is 0. The van der Waals surface area contributed by atoms with Crippen LogP contribution in [0.25, 0.3) is 22.2 Å². The lowest BCUT2D eigenvalue weighted by Gasteiger charge is -2.21. The summed E-state index contributed by atoms with van der Waals surface area (Å²) in [6, 6.07) is 9.87. The number of benzene rings is 2. The zero-order chi connectivity index (χ0) is 22.3. The van der Waals surface area contributed by atoms with E-state index in [1.54, 1.807) is 24.3 Å². The third-order valence-electron chi connectivity index (χ3n) is 4.79. The van der Waals surface area contributed by atoms with Crippen LogP contribution in [0.5, 0.6) is 0 Å². The molecule has 8 heteroatoms.